The highest BCUT2D eigenvalue weighted by molar-refractivity contribution is 6.00. The number of alkyl carbamates (subject to hydrolysis) is 1. The van der Waals surface area contributed by atoms with Crippen LogP contribution in [0.3, 0.4) is 0 Å². The number of aliphatic carboxylic acids is 1. The van der Waals surface area contributed by atoms with E-state index in [0.717, 1.165) is 11.1 Å². The van der Waals surface area contributed by atoms with Gasteiger partial charge in [0.2, 0.25) is 10.5 Å². The summed E-state index contributed by atoms with van der Waals surface area (Å²) in [5.74, 6) is 4.57. The van der Waals surface area contributed by atoms with Crippen LogP contribution in [0.1, 0.15) is 72.9 Å². The molecule has 0 aromatic heterocycles. The van der Waals surface area contributed by atoms with Crippen LogP contribution in [0.2, 0.25) is 0 Å². The average molecular weight is 549 g/mol. The van der Waals surface area contributed by atoms with E-state index in [9.17, 15) is 14.7 Å². The molecule has 0 heterocycles. The lowest BCUT2D eigenvalue weighted by atomic mass is 9.55. The Labute approximate surface area is 237 Å². The number of carboxylic acids is 1. The van der Waals surface area contributed by atoms with Gasteiger partial charge in [-0.1, -0.05) is 95.0 Å². The van der Waals surface area contributed by atoms with Gasteiger partial charge in [0.05, 0.1) is 0 Å². The van der Waals surface area contributed by atoms with E-state index in [0.29, 0.717) is 6.42 Å². The Morgan fingerprint density at radius 1 is 0.923 bits per heavy atom. The number of nitrogens with one attached hydrogen (secondary N) is 1. The van der Waals surface area contributed by atoms with Crippen LogP contribution in [-0.4, -0.2) is 44.9 Å². The van der Waals surface area contributed by atoms with Gasteiger partial charge in [-0.15, -0.1) is 0 Å². The molecular weight excluding hydrogens is 506 g/mol. The Hall–Kier alpha value is -3.08. The molecule has 2 rings (SSSR count). The van der Waals surface area contributed by atoms with Crippen LogP contribution in [-0.2, 0) is 20.4 Å². The van der Waals surface area contributed by atoms with E-state index < -0.39 is 46.1 Å². The fraction of sp³-hybridized carbons (Fsp3) is 0.500. The molecule has 0 saturated carbocycles. The smallest absolute Gasteiger partial charge is 0.407 e. The molecule has 0 aliphatic rings. The van der Waals surface area contributed by atoms with Crippen molar-refractivity contribution >= 4 is 22.5 Å². The lowest BCUT2D eigenvalue weighted by Crippen LogP contribution is -2.63. The van der Waals surface area contributed by atoms with Gasteiger partial charge in [-0.05, 0) is 56.2 Å². The molecule has 6 nitrogen and oxygen atoms in total. The fourth-order valence-electron chi connectivity index (χ4n) is 5.60. The normalized spacial score (nSPS) is 15.2. The maximum atomic E-state index is 13.1. The first-order valence-corrected chi connectivity index (χ1v) is 13.6. The highest BCUT2D eigenvalue weighted by atomic mass is 28.2. The van der Waals surface area contributed by atoms with Crippen LogP contribution in [0, 0.1) is 28.6 Å². The molecule has 2 aromatic carbocycles. The van der Waals surface area contributed by atoms with Gasteiger partial charge in [0.25, 0.3) is 0 Å². The predicted octanol–water partition coefficient (Wildman–Crippen LogP) is 6.18. The van der Waals surface area contributed by atoms with E-state index in [1.54, 1.807) is 0 Å². The highest BCUT2D eigenvalue weighted by Gasteiger charge is 2.59. The van der Waals surface area contributed by atoms with Crippen molar-refractivity contribution in [2.45, 2.75) is 85.5 Å². The third-order valence-corrected chi connectivity index (χ3v) is 7.37. The zero-order valence-electron chi connectivity index (χ0n) is 24.4. The van der Waals surface area contributed by atoms with Crippen molar-refractivity contribution in [3.05, 3.63) is 71.8 Å². The minimum atomic E-state index is -1.74. The maximum Gasteiger partial charge on any atom is 0.407 e. The molecule has 0 aliphatic carbocycles. The lowest BCUT2D eigenvalue weighted by molar-refractivity contribution is -0.177. The minimum absolute atomic E-state index is 0.0786. The molecule has 0 aliphatic heterocycles. The van der Waals surface area contributed by atoms with Crippen molar-refractivity contribution in [3.8, 4) is 11.8 Å². The van der Waals surface area contributed by atoms with E-state index in [1.807, 2.05) is 116 Å². The summed E-state index contributed by atoms with van der Waals surface area (Å²) < 4.78 is 11.3. The fourth-order valence-corrected chi connectivity index (χ4v) is 6.02. The molecule has 0 fully saturated rings. The van der Waals surface area contributed by atoms with E-state index in [2.05, 4.69) is 27.6 Å². The summed E-state index contributed by atoms with van der Waals surface area (Å²) in [4.78, 5) is 26.1. The standard InChI is InChI=1S/C32H42NO5Si/c1-29(2,3)26(25(22-24-18-13-10-14-19-24)33-28(36)37-30(4,5)6)31(7,8)32(38-39,27(34)35)21-15-20-23-16-11-9-12-17-23/h9-14,16-19,25-26H,21-22H2,1-8H3,(H,33,36)(H,34,35). The molecule has 0 saturated heterocycles. The van der Waals surface area contributed by atoms with Crippen LogP contribution >= 0.6 is 0 Å². The van der Waals surface area contributed by atoms with Gasteiger partial charge in [0.1, 0.15) is 5.60 Å². The number of hydrogen-bond donors (Lipinski definition) is 2. The zero-order valence-corrected chi connectivity index (χ0v) is 25.4. The number of carbonyl (C=O) groups is 2. The van der Waals surface area contributed by atoms with Gasteiger partial charge < -0.3 is 19.6 Å². The number of benzene rings is 2. The first kappa shape index (κ1) is 32.1. The lowest BCUT2D eigenvalue weighted by Gasteiger charge is -2.54. The Bertz CT molecular complexity index is 1160. The predicted molar refractivity (Wildman–Crippen MR) is 155 cm³/mol. The number of carboxylic acid groups (broad SMARTS) is 1. The van der Waals surface area contributed by atoms with E-state index in [4.69, 9.17) is 9.16 Å². The molecule has 39 heavy (non-hydrogen) atoms. The summed E-state index contributed by atoms with van der Waals surface area (Å²) in [6.45, 7) is 15.3. The van der Waals surface area contributed by atoms with Crippen LogP contribution < -0.4 is 5.32 Å². The van der Waals surface area contributed by atoms with E-state index in [1.165, 1.54) is 0 Å². The molecule has 3 atom stereocenters. The van der Waals surface area contributed by atoms with E-state index in [-0.39, 0.29) is 6.42 Å². The molecular formula is C32H42NO5Si. The molecule has 1 amide bonds. The van der Waals surface area contributed by atoms with Gasteiger partial charge in [0.15, 0.2) is 5.60 Å². The molecule has 0 bridgehead atoms. The first-order valence-electron chi connectivity index (χ1n) is 13.2. The molecule has 2 N–H and O–H groups in total. The molecule has 0 spiro atoms. The van der Waals surface area contributed by atoms with Crippen molar-refractivity contribution in [1.29, 1.82) is 0 Å². The monoisotopic (exact) mass is 548 g/mol. The third kappa shape index (κ3) is 8.45. The molecule has 3 radical (unpaired) electrons. The van der Waals surface area contributed by atoms with Crippen molar-refractivity contribution in [2.24, 2.45) is 16.7 Å². The third-order valence-electron chi connectivity index (χ3n) is 7.02. The Balaban J connectivity index is 2.63. The van der Waals surface area contributed by atoms with Crippen LogP contribution in [0.15, 0.2) is 60.7 Å². The summed E-state index contributed by atoms with van der Waals surface area (Å²) in [5, 5.41) is 13.7. The quantitative estimate of drug-likeness (QED) is 0.289. The second kappa shape index (κ2) is 12.8. The molecule has 7 heteroatoms. The highest BCUT2D eigenvalue weighted by Crippen LogP contribution is 2.51. The second-order valence-electron chi connectivity index (χ2n) is 12.6. The van der Waals surface area contributed by atoms with Crippen LogP contribution in [0.5, 0.6) is 0 Å². The molecule has 209 valence electrons. The van der Waals surface area contributed by atoms with Crippen LogP contribution in [0.25, 0.3) is 0 Å². The maximum absolute atomic E-state index is 13.1. The van der Waals surface area contributed by atoms with Crippen molar-refractivity contribution in [3.63, 3.8) is 0 Å². The Morgan fingerprint density at radius 3 is 1.92 bits per heavy atom. The van der Waals surface area contributed by atoms with Gasteiger partial charge in [-0.3, -0.25) is 0 Å². The van der Waals surface area contributed by atoms with Gasteiger partial charge in [-0.2, -0.15) is 0 Å². The van der Waals surface area contributed by atoms with Crippen molar-refractivity contribution in [1.82, 2.24) is 5.32 Å². The number of ether oxygens (including phenoxy) is 1. The zero-order chi connectivity index (χ0) is 29.5. The first-order chi connectivity index (χ1) is 18.0. The largest absolute Gasteiger partial charge is 0.479 e. The summed E-state index contributed by atoms with van der Waals surface area (Å²) in [7, 11) is 3.14. The summed E-state index contributed by atoms with van der Waals surface area (Å²) in [5.41, 5.74) is -2.15. The Morgan fingerprint density at radius 2 is 1.46 bits per heavy atom. The van der Waals surface area contributed by atoms with Crippen molar-refractivity contribution < 1.29 is 23.9 Å². The SMILES string of the molecule is CC(C)(C)OC(=O)NC(Cc1ccccc1)C(C(C)(C)C)C(C)(C)C(CC#Cc1ccccc1)(O[Si])C(=O)O. The number of rotatable bonds is 9. The minimum Gasteiger partial charge on any atom is -0.479 e. The van der Waals surface area contributed by atoms with Gasteiger partial charge in [-0.25, -0.2) is 9.59 Å². The molecule has 2 aromatic rings. The molecule has 3 unspecified atom stereocenters. The van der Waals surface area contributed by atoms with Gasteiger partial charge >= 0.3 is 12.1 Å². The van der Waals surface area contributed by atoms with Crippen molar-refractivity contribution in [2.75, 3.05) is 0 Å². The Kier molecular flexibility index (Phi) is 10.6. The van der Waals surface area contributed by atoms with Crippen LogP contribution in [0.4, 0.5) is 4.79 Å². The summed E-state index contributed by atoms with van der Waals surface area (Å²) in [6.07, 6.45) is -0.166. The summed E-state index contributed by atoms with van der Waals surface area (Å²) in [6, 6.07) is 18.7. The topological polar surface area (TPSA) is 84.9 Å². The number of amides is 1. The second-order valence-corrected chi connectivity index (χ2v) is 12.8. The summed E-state index contributed by atoms with van der Waals surface area (Å²) >= 11 is 0. The van der Waals surface area contributed by atoms with E-state index >= 15 is 0 Å². The van der Waals surface area contributed by atoms with Gasteiger partial charge in [0, 0.05) is 23.4 Å². The number of hydrogen-bond acceptors (Lipinski definition) is 4. The average Bonchev–Trinajstić information content (AvgIpc) is 2.80. The number of carbonyl (C=O) groups excluding carboxylic acids is 1.